The first kappa shape index (κ1) is 17.4. The van der Waals surface area contributed by atoms with E-state index in [-0.39, 0.29) is 6.04 Å². The molecular weight excluding hydrogens is 338 g/mol. The molecule has 1 aromatic rings. The van der Waals surface area contributed by atoms with Gasteiger partial charge in [-0.2, -0.15) is 17.0 Å². The monoisotopic (exact) mass is 367 g/mol. The molecule has 0 radical (unpaired) electrons. The van der Waals surface area contributed by atoms with Gasteiger partial charge in [0.05, 0.1) is 6.04 Å². The summed E-state index contributed by atoms with van der Waals surface area (Å²) in [6.45, 7) is 5.01. The molecule has 2 saturated heterocycles. The highest BCUT2D eigenvalue weighted by Gasteiger charge is 2.42. The van der Waals surface area contributed by atoms with Crippen molar-refractivity contribution in [1.29, 1.82) is 0 Å². The fourth-order valence-electron chi connectivity index (χ4n) is 4.39. The number of nitrogens with zero attached hydrogens (tertiary/aromatic N) is 5. The minimum atomic E-state index is -3.41. The van der Waals surface area contributed by atoms with Crippen molar-refractivity contribution in [2.75, 3.05) is 19.6 Å². The highest BCUT2D eigenvalue weighted by molar-refractivity contribution is 7.86. The van der Waals surface area contributed by atoms with Crippen LogP contribution < -0.4 is 0 Å². The third-order valence-electron chi connectivity index (χ3n) is 6.01. The molecule has 25 heavy (non-hydrogen) atoms. The number of rotatable bonds is 3. The van der Waals surface area contributed by atoms with Gasteiger partial charge in [-0.25, -0.2) is 0 Å². The summed E-state index contributed by atoms with van der Waals surface area (Å²) in [5, 5.41) is 8.81. The molecule has 0 N–H and O–H groups in total. The van der Waals surface area contributed by atoms with Gasteiger partial charge in [0.1, 0.15) is 5.82 Å². The topological polar surface area (TPSA) is 71.3 Å². The average molecular weight is 368 g/mol. The molecule has 0 aliphatic carbocycles. The van der Waals surface area contributed by atoms with E-state index in [0.29, 0.717) is 25.6 Å². The fraction of sp³-hybridized carbons (Fsp3) is 0.882. The summed E-state index contributed by atoms with van der Waals surface area (Å²) < 4.78 is 32.0. The maximum absolute atomic E-state index is 13.2. The molecule has 140 valence electrons. The van der Waals surface area contributed by atoms with Crippen molar-refractivity contribution in [1.82, 2.24) is 23.4 Å². The third-order valence-corrected chi connectivity index (χ3v) is 8.05. The van der Waals surface area contributed by atoms with Crippen LogP contribution in [0.15, 0.2) is 0 Å². The summed E-state index contributed by atoms with van der Waals surface area (Å²) in [7, 11) is -3.41. The Hall–Kier alpha value is -0.990. The Morgan fingerprint density at radius 2 is 1.72 bits per heavy atom. The summed E-state index contributed by atoms with van der Waals surface area (Å²) >= 11 is 0. The van der Waals surface area contributed by atoms with E-state index >= 15 is 0 Å². The minimum absolute atomic E-state index is 0.149. The zero-order chi connectivity index (χ0) is 17.4. The van der Waals surface area contributed by atoms with Gasteiger partial charge in [0.15, 0.2) is 5.82 Å². The Labute approximate surface area is 150 Å². The molecule has 4 rings (SSSR count). The summed E-state index contributed by atoms with van der Waals surface area (Å²) in [5.74, 6) is 2.51. The Kier molecular flexibility index (Phi) is 4.85. The predicted molar refractivity (Wildman–Crippen MR) is 95.1 cm³/mol. The normalized spacial score (nSPS) is 27.3. The molecule has 0 aromatic carbocycles. The zero-order valence-corrected chi connectivity index (χ0v) is 15.9. The SMILES string of the molecule is CC1CCN(S(=O)(=O)N2CCC[C@H]2c2nnc3n2CCCCC3)CC1. The predicted octanol–water partition coefficient (Wildman–Crippen LogP) is 2.12. The second-order valence-electron chi connectivity index (χ2n) is 7.79. The number of hydrogen-bond acceptors (Lipinski definition) is 4. The molecular formula is C17H29N5O2S. The van der Waals surface area contributed by atoms with E-state index in [9.17, 15) is 8.42 Å². The van der Waals surface area contributed by atoms with E-state index in [1.807, 2.05) is 0 Å². The zero-order valence-electron chi connectivity index (χ0n) is 15.1. The molecule has 1 atom stereocenters. The lowest BCUT2D eigenvalue weighted by Crippen LogP contribution is -2.47. The Morgan fingerprint density at radius 1 is 0.920 bits per heavy atom. The van der Waals surface area contributed by atoms with Crippen LogP contribution in [0.1, 0.15) is 69.6 Å². The van der Waals surface area contributed by atoms with Crippen molar-refractivity contribution >= 4 is 10.2 Å². The highest BCUT2D eigenvalue weighted by atomic mass is 32.2. The minimum Gasteiger partial charge on any atom is -0.314 e. The Bertz CT molecular complexity index is 709. The van der Waals surface area contributed by atoms with Crippen LogP contribution in [-0.2, 0) is 23.2 Å². The van der Waals surface area contributed by atoms with E-state index < -0.39 is 10.2 Å². The van der Waals surface area contributed by atoms with Crippen molar-refractivity contribution in [2.24, 2.45) is 5.92 Å². The van der Waals surface area contributed by atoms with Gasteiger partial charge in [0, 0.05) is 32.6 Å². The summed E-state index contributed by atoms with van der Waals surface area (Å²) in [6, 6.07) is -0.149. The van der Waals surface area contributed by atoms with E-state index in [4.69, 9.17) is 0 Å². The van der Waals surface area contributed by atoms with E-state index in [1.165, 1.54) is 6.42 Å². The molecule has 3 aliphatic heterocycles. The van der Waals surface area contributed by atoms with Crippen LogP contribution in [0, 0.1) is 5.92 Å². The lowest BCUT2D eigenvalue weighted by Gasteiger charge is -2.34. The van der Waals surface area contributed by atoms with Crippen molar-refractivity contribution in [3.63, 3.8) is 0 Å². The van der Waals surface area contributed by atoms with Gasteiger partial charge in [-0.05, 0) is 44.4 Å². The van der Waals surface area contributed by atoms with E-state index in [1.54, 1.807) is 8.61 Å². The molecule has 1 aromatic heterocycles. The van der Waals surface area contributed by atoms with Crippen LogP contribution >= 0.6 is 0 Å². The van der Waals surface area contributed by atoms with Crippen molar-refractivity contribution in [3.05, 3.63) is 11.6 Å². The van der Waals surface area contributed by atoms with Crippen LogP contribution in [0.5, 0.6) is 0 Å². The average Bonchev–Trinajstić information content (AvgIpc) is 3.17. The molecule has 2 fully saturated rings. The number of aromatic nitrogens is 3. The highest BCUT2D eigenvalue weighted by Crippen LogP contribution is 2.36. The maximum atomic E-state index is 13.2. The number of piperidine rings is 1. The smallest absolute Gasteiger partial charge is 0.282 e. The van der Waals surface area contributed by atoms with Crippen LogP contribution in [0.4, 0.5) is 0 Å². The fourth-order valence-corrected chi connectivity index (χ4v) is 6.24. The lowest BCUT2D eigenvalue weighted by molar-refractivity contribution is 0.257. The van der Waals surface area contributed by atoms with Crippen LogP contribution in [0.25, 0.3) is 0 Å². The lowest BCUT2D eigenvalue weighted by atomic mass is 10.0. The first-order chi connectivity index (χ1) is 12.1. The number of hydrogen-bond donors (Lipinski definition) is 0. The number of aryl methyl sites for hydroxylation is 1. The van der Waals surface area contributed by atoms with Gasteiger partial charge < -0.3 is 4.57 Å². The first-order valence-electron chi connectivity index (χ1n) is 9.76. The molecule has 3 aliphatic rings. The van der Waals surface area contributed by atoms with Gasteiger partial charge >= 0.3 is 0 Å². The van der Waals surface area contributed by atoms with Crippen LogP contribution in [-0.4, -0.2) is 51.4 Å². The molecule has 0 unspecified atom stereocenters. The molecule has 0 bridgehead atoms. The standard InChI is InChI=1S/C17H29N5O2S/c1-14-8-12-20(13-9-14)25(23,24)22-11-5-6-15(22)17-19-18-16-7-3-2-4-10-21(16)17/h14-15H,2-13H2,1H3/t15-/m0/s1. The van der Waals surface area contributed by atoms with Gasteiger partial charge in [-0.1, -0.05) is 13.3 Å². The summed E-state index contributed by atoms with van der Waals surface area (Å²) in [4.78, 5) is 0. The third kappa shape index (κ3) is 3.24. The summed E-state index contributed by atoms with van der Waals surface area (Å²) in [5.41, 5.74) is 0. The maximum Gasteiger partial charge on any atom is 0.282 e. The van der Waals surface area contributed by atoms with Crippen LogP contribution in [0.2, 0.25) is 0 Å². The van der Waals surface area contributed by atoms with Crippen molar-refractivity contribution in [3.8, 4) is 0 Å². The molecule has 0 amide bonds. The van der Waals surface area contributed by atoms with Crippen molar-refractivity contribution in [2.45, 2.75) is 70.9 Å². The molecule has 0 spiro atoms. The van der Waals surface area contributed by atoms with E-state index in [2.05, 4.69) is 21.7 Å². The van der Waals surface area contributed by atoms with Crippen LogP contribution in [0.3, 0.4) is 0 Å². The first-order valence-corrected chi connectivity index (χ1v) is 11.2. The Morgan fingerprint density at radius 3 is 2.52 bits per heavy atom. The molecule has 4 heterocycles. The summed E-state index contributed by atoms with van der Waals surface area (Å²) in [6.07, 6.45) is 8.10. The van der Waals surface area contributed by atoms with E-state index in [0.717, 1.165) is 63.1 Å². The van der Waals surface area contributed by atoms with Gasteiger partial charge in [-0.15, -0.1) is 10.2 Å². The molecule has 8 heteroatoms. The largest absolute Gasteiger partial charge is 0.314 e. The second kappa shape index (κ2) is 6.96. The Balaban J connectivity index is 1.59. The quantitative estimate of drug-likeness (QED) is 0.820. The van der Waals surface area contributed by atoms with Crippen molar-refractivity contribution < 1.29 is 8.42 Å². The van der Waals surface area contributed by atoms with Gasteiger partial charge in [0.2, 0.25) is 0 Å². The molecule has 0 saturated carbocycles. The number of fused-ring (bicyclic) bond motifs is 1. The second-order valence-corrected chi connectivity index (χ2v) is 9.68. The molecule has 7 nitrogen and oxygen atoms in total. The van der Waals surface area contributed by atoms with Gasteiger partial charge in [0.25, 0.3) is 10.2 Å². The van der Waals surface area contributed by atoms with Gasteiger partial charge in [-0.3, -0.25) is 0 Å².